The second kappa shape index (κ2) is 4.55. The molecule has 4 heteroatoms. The molecule has 1 aromatic carbocycles. The zero-order valence-corrected chi connectivity index (χ0v) is 7.86. The molecular formula is C8H9Cl2NO. The minimum absolute atomic E-state index is 0.0975. The van der Waals surface area contributed by atoms with Crippen LogP contribution in [0.4, 0.5) is 5.69 Å². The topological polar surface area (TPSA) is 32.3 Å². The van der Waals surface area contributed by atoms with Gasteiger partial charge in [0.25, 0.3) is 0 Å². The summed E-state index contributed by atoms with van der Waals surface area (Å²) in [6.45, 7) is 0.609. The molecule has 0 bridgehead atoms. The Balaban J connectivity index is 2.69. The minimum atomic E-state index is 0.0975. The molecular weight excluding hydrogens is 197 g/mol. The maximum Gasteiger partial charge on any atom is 0.0612 e. The van der Waals surface area contributed by atoms with Gasteiger partial charge in [-0.25, -0.2) is 0 Å². The smallest absolute Gasteiger partial charge is 0.0612 e. The van der Waals surface area contributed by atoms with Crippen LogP contribution in [0.15, 0.2) is 18.2 Å². The molecule has 0 aliphatic carbocycles. The van der Waals surface area contributed by atoms with Crippen molar-refractivity contribution in [2.24, 2.45) is 0 Å². The lowest BCUT2D eigenvalue weighted by Gasteiger charge is -2.04. The Labute approximate surface area is 81.1 Å². The third kappa shape index (κ3) is 2.55. The number of hydrogen-bond donors (Lipinski definition) is 2. The Morgan fingerprint density at radius 2 is 2.00 bits per heavy atom. The third-order valence-electron chi connectivity index (χ3n) is 1.36. The minimum Gasteiger partial charge on any atom is -0.395 e. The number of hydrogen-bond acceptors (Lipinski definition) is 2. The molecule has 0 unspecified atom stereocenters. The molecule has 0 aliphatic heterocycles. The van der Waals surface area contributed by atoms with Crippen molar-refractivity contribution in [3.8, 4) is 0 Å². The molecule has 0 aromatic heterocycles. The molecule has 2 N–H and O–H groups in total. The Morgan fingerprint density at radius 3 is 2.58 bits per heavy atom. The van der Waals surface area contributed by atoms with E-state index in [0.717, 1.165) is 5.69 Å². The number of benzene rings is 1. The fraction of sp³-hybridized carbons (Fsp3) is 0.250. The summed E-state index contributed by atoms with van der Waals surface area (Å²) >= 11 is 11.5. The van der Waals surface area contributed by atoms with Gasteiger partial charge in [-0.05, 0) is 18.2 Å². The van der Waals surface area contributed by atoms with Gasteiger partial charge >= 0.3 is 0 Å². The normalized spacial score (nSPS) is 9.92. The Hall–Kier alpha value is -0.440. The maximum absolute atomic E-state index is 8.53. The monoisotopic (exact) mass is 205 g/mol. The zero-order valence-electron chi connectivity index (χ0n) is 6.35. The molecule has 1 rings (SSSR count). The molecule has 0 saturated carbocycles. The van der Waals surface area contributed by atoms with Gasteiger partial charge in [0.05, 0.1) is 16.7 Å². The van der Waals surface area contributed by atoms with Crippen molar-refractivity contribution in [3.63, 3.8) is 0 Å². The predicted molar refractivity (Wildman–Crippen MR) is 52.0 cm³/mol. The van der Waals surface area contributed by atoms with Crippen LogP contribution in [0.1, 0.15) is 0 Å². The lowest BCUT2D eigenvalue weighted by atomic mass is 10.3. The summed E-state index contributed by atoms with van der Waals surface area (Å²) in [5.41, 5.74) is 0.860. The van der Waals surface area contributed by atoms with Gasteiger partial charge in [-0.15, -0.1) is 0 Å². The number of aliphatic hydroxyl groups is 1. The molecule has 0 atom stereocenters. The van der Waals surface area contributed by atoms with E-state index >= 15 is 0 Å². The average Bonchev–Trinajstić information content (AvgIpc) is 2.07. The number of nitrogens with one attached hydrogen (secondary N) is 1. The van der Waals surface area contributed by atoms with Gasteiger partial charge in [0.1, 0.15) is 0 Å². The first-order chi connectivity index (χ1) is 5.74. The Bertz CT molecular complexity index is 265. The van der Waals surface area contributed by atoms with E-state index in [1.165, 1.54) is 0 Å². The van der Waals surface area contributed by atoms with Crippen LogP contribution in [0.3, 0.4) is 0 Å². The molecule has 2 nitrogen and oxygen atoms in total. The average molecular weight is 206 g/mol. The molecule has 1 aromatic rings. The highest BCUT2D eigenvalue weighted by atomic mass is 35.5. The van der Waals surface area contributed by atoms with Gasteiger partial charge in [0, 0.05) is 12.2 Å². The Morgan fingerprint density at radius 1 is 1.25 bits per heavy atom. The summed E-state index contributed by atoms with van der Waals surface area (Å²) in [5.74, 6) is 0. The van der Waals surface area contributed by atoms with Crippen molar-refractivity contribution in [2.45, 2.75) is 0 Å². The Kier molecular flexibility index (Phi) is 3.66. The second-order valence-electron chi connectivity index (χ2n) is 2.28. The van der Waals surface area contributed by atoms with E-state index in [4.69, 9.17) is 28.3 Å². The summed E-state index contributed by atoms with van der Waals surface area (Å²) in [6, 6.07) is 5.24. The van der Waals surface area contributed by atoms with E-state index in [0.29, 0.717) is 16.6 Å². The lowest BCUT2D eigenvalue weighted by Crippen LogP contribution is -2.04. The van der Waals surface area contributed by atoms with Crippen molar-refractivity contribution in [2.75, 3.05) is 18.5 Å². The van der Waals surface area contributed by atoms with Crippen LogP contribution in [0.5, 0.6) is 0 Å². The van der Waals surface area contributed by atoms with Crippen LogP contribution in [0.25, 0.3) is 0 Å². The molecule has 0 fully saturated rings. The highest BCUT2D eigenvalue weighted by Gasteiger charge is 1.97. The molecule has 12 heavy (non-hydrogen) atoms. The summed E-state index contributed by atoms with van der Waals surface area (Å²) in [5, 5.41) is 12.5. The first-order valence-corrected chi connectivity index (χ1v) is 4.29. The number of rotatable bonds is 3. The molecule has 0 radical (unpaired) electrons. The van der Waals surface area contributed by atoms with Gasteiger partial charge < -0.3 is 10.4 Å². The predicted octanol–water partition coefficient (Wildman–Crippen LogP) is 2.40. The van der Waals surface area contributed by atoms with Crippen LogP contribution in [0.2, 0.25) is 10.0 Å². The van der Waals surface area contributed by atoms with Crippen LogP contribution in [-0.4, -0.2) is 18.3 Å². The van der Waals surface area contributed by atoms with Gasteiger partial charge in [-0.3, -0.25) is 0 Å². The third-order valence-corrected chi connectivity index (χ3v) is 2.10. The summed E-state index contributed by atoms with van der Waals surface area (Å²) in [6.07, 6.45) is 0. The van der Waals surface area contributed by atoms with E-state index in [-0.39, 0.29) is 6.61 Å². The van der Waals surface area contributed by atoms with Crippen LogP contribution >= 0.6 is 23.2 Å². The van der Waals surface area contributed by atoms with E-state index in [9.17, 15) is 0 Å². The van der Waals surface area contributed by atoms with Gasteiger partial charge in [-0.1, -0.05) is 23.2 Å². The number of aliphatic hydroxyl groups excluding tert-OH is 1. The van der Waals surface area contributed by atoms with E-state index in [1.54, 1.807) is 12.1 Å². The van der Waals surface area contributed by atoms with Gasteiger partial charge in [0.15, 0.2) is 0 Å². The summed E-state index contributed by atoms with van der Waals surface area (Å²) in [4.78, 5) is 0. The molecule has 0 spiro atoms. The van der Waals surface area contributed by atoms with E-state index in [1.807, 2.05) is 6.07 Å². The first kappa shape index (κ1) is 9.65. The highest BCUT2D eigenvalue weighted by molar-refractivity contribution is 6.42. The first-order valence-electron chi connectivity index (χ1n) is 3.54. The van der Waals surface area contributed by atoms with Crippen LogP contribution < -0.4 is 5.32 Å². The molecule has 0 saturated heterocycles. The highest BCUT2D eigenvalue weighted by Crippen LogP contribution is 2.24. The summed E-state index contributed by atoms with van der Waals surface area (Å²) in [7, 11) is 0. The number of anilines is 1. The van der Waals surface area contributed by atoms with Crippen molar-refractivity contribution in [3.05, 3.63) is 28.2 Å². The SMILES string of the molecule is OCCNc1ccc(Cl)c(Cl)c1. The van der Waals surface area contributed by atoms with Gasteiger partial charge in [-0.2, -0.15) is 0 Å². The molecule has 66 valence electrons. The fourth-order valence-corrected chi connectivity index (χ4v) is 1.10. The lowest BCUT2D eigenvalue weighted by molar-refractivity contribution is 0.311. The van der Waals surface area contributed by atoms with Crippen molar-refractivity contribution in [1.29, 1.82) is 0 Å². The second-order valence-corrected chi connectivity index (χ2v) is 3.09. The van der Waals surface area contributed by atoms with Gasteiger partial charge in [0.2, 0.25) is 0 Å². The quantitative estimate of drug-likeness (QED) is 0.795. The standard InChI is InChI=1S/C8H9Cl2NO/c9-7-2-1-6(5-8(7)10)11-3-4-12/h1-2,5,11-12H,3-4H2. The molecule has 0 amide bonds. The zero-order chi connectivity index (χ0) is 8.97. The van der Waals surface area contributed by atoms with Crippen molar-refractivity contribution >= 4 is 28.9 Å². The number of halogens is 2. The fourth-order valence-electron chi connectivity index (χ4n) is 0.806. The van der Waals surface area contributed by atoms with Crippen molar-refractivity contribution in [1.82, 2.24) is 0 Å². The van der Waals surface area contributed by atoms with Crippen molar-refractivity contribution < 1.29 is 5.11 Å². The summed E-state index contributed by atoms with van der Waals surface area (Å²) < 4.78 is 0. The molecule has 0 aliphatic rings. The van der Waals surface area contributed by atoms with E-state index < -0.39 is 0 Å². The largest absolute Gasteiger partial charge is 0.395 e. The maximum atomic E-state index is 8.53. The van der Waals surface area contributed by atoms with Crippen LogP contribution in [0, 0.1) is 0 Å². The van der Waals surface area contributed by atoms with E-state index in [2.05, 4.69) is 5.32 Å². The molecule has 0 heterocycles. The van der Waals surface area contributed by atoms with Crippen LogP contribution in [-0.2, 0) is 0 Å².